The van der Waals surface area contributed by atoms with E-state index in [0.29, 0.717) is 0 Å². The predicted molar refractivity (Wildman–Crippen MR) is 112 cm³/mol. The molecule has 0 aliphatic carbocycles. The predicted octanol–water partition coefficient (Wildman–Crippen LogP) is 4.05. The molecule has 3 aromatic carbocycles. The summed E-state index contributed by atoms with van der Waals surface area (Å²) >= 11 is 3.50. The van der Waals surface area contributed by atoms with E-state index in [9.17, 15) is 12.8 Å². The minimum absolute atomic E-state index is 0.111. The van der Waals surface area contributed by atoms with Crippen LogP contribution in [0.15, 0.2) is 87.2 Å². The van der Waals surface area contributed by atoms with Gasteiger partial charge in [-0.3, -0.25) is 0 Å². The lowest BCUT2D eigenvalue weighted by atomic mass is 10.0. The highest BCUT2D eigenvalue weighted by Gasteiger charge is 2.14. The lowest BCUT2D eigenvalue weighted by molar-refractivity contribution is 0.592. The molecular formula is C20H17BrFN3O2S. The highest BCUT2D eigenvalue weighted by atomic mass is 79.9. The molecule has 0 saturated carbocycles. The summed E-state index contributed by atoms with van der Waals surface area (Å²) in [5, 5.41) is 0. The van der Waals surface area contributed by atoms with Crippen LogP contribution in [0.5, 0.6) is 0 Å². The van der Waals surface area contributed by atoms with Crippen LogP contribution in [0.3, 0.4) is 0 Å². The molecule has 0 unspecified atom stereocenters. The summed E-state index contributed by atoms with van der Waals surface area (Å²) < 4.78 is 40.6. The molecule has 3 rings (SSSR count). The minimum Gasteiger partial charge on any atom is -0.369 e. The fourth-order valence-corrected chi connectivity index (χ4v) is 4.15. The minimum atomic E-state index is -3.76. The van der Waals surface area contributed by atoms with E-state index in [2.05, 4.69) is 25.6 Å². The number of sulfonamides is 1. The summed E-state index contributed by atoms with van der Waals surface area (Å²) in [6.07, 6.45) is 0. The van der Waals surface area contributed by atoms with Gasteiger partial charge in [-0.25, -0.2) is 22.5 Å². The van der Waals surface area contributed by atoms with Crippen molar-refractivity contribution in [2.24, 2.45) is 10.7 Å². The van der Waals surface area contributed by atoms with E-state index in [-0.39, 0.29) is 23.2 Å². The highest BCUT2D eigenvalue weighted by molar-refractivity contribution is 9.10. The van der Waals surface area contributed by atoms with Crippen LogP contribution in [-0.4, -0.2) is 14.4 Å². The zero-order valence-electron chi connectivity index (χ0n) is 14.6. The Labute approximate surface area is 171 Å². The van der Waals surface area contributed by atoms with Crippen LogP contribution in [-0.2, 0) is 16.6 Å². The van der Waals surface area contributed by atoms with Crippen LogP contribution >= 0.6 is 15.9 Å². The number of halogens is 2. The van der Waals surface area contributed by atoms with Crippen molar-refractivity contribution >= 4 is 31.9 Å². The van der Waals surface area contributed by atoms with Gasteiger partial charge in [-0.2, -0.15) is 0 Å². The number of nitrogens with two attached hydrogens (primary N) is 1. The first-order chi connectivity index (χ1) is 13.3. The third kappa shape index (κ3) is 4.96. The Hall–Kier alpha value is -2.71. The van der Waals surface area contributed by atoms with Gasteiger partial charge in [-0.15, -0.1) is 0 Å². The van der Waals surface area contributed by atoms with Crippen LogP contribution in [0, 0.1) is 5.82 Å². The summed E-state index contributed by atoms with van der Waals surface area (Å²) in [4.78, 5) is 4.20. The molecule has 3 N–H and O–H groups in total. The standard InChI is InChI=1S/C20H17BrFN3O2S/c21-19-12-14(6-11-18(19)15-7-9-16(22)10-8-15)13-24-20(23)25-28(26,27)17-4-2-1-3-5-17/h1-12H,13H2,(H3,23,24,25). The molecule has 0 heterocycles. The molecule has 0 saturated heterocycles. The molecule has 0 aliphatic rings. The topological polar surface area (TPSA) is 84.5 Å². The van der Waals surface area contributed by atoms with Crippen LogP contribution in [0.25, 0.3) is 11.1 Å². The second-order valence-corrected chi connectivity index (χ2v) is 8.48. The van der Waals surface area contributed by atoms with Crippen LogP contribution in [0.1, 0.15) is 5.56 Å². The van der Waals surface area contributed by atoms with Crippen LogP contribution in [0.2, 0.25) is 0 Å². The zero-order chi connectivity index (χ0) is 20.1. The third-order valence-electron chi connectivity index (χ3n) is 3.91. The molecule has 0 aliphatic heterocycles. The summed E-state index contributed by atoms with van der Waals surface area (Å²) in [7, 11) is -3.76. The van der Waals surface area contributed by atoms with Crippen molar-refractivity contribution in [3.8, 4) is 11.1 Å². The van der Waals surface area contributed by atoms with E-state index in [4.69, 9.17) is 5.73 Å². The number of aliphatic imine (C=N–C) groups is 1. The number of nitrogens with zero attached hydrogens (tertiary/aromatic N) is 1. The monoisotopic (exact) mass is 461 g/mol. The Kier molecular flexibility index (Phi) is 6.11. The van der Waals surface area contributed by atoms with E-state index in [1.54, 1.807) is 30.3 Å². The summed E-state index contributed by atoms with van der Waals surface area (Å²) in [6, 6.07) is 19.7. The van der Waals surface area contributed by atoms with Gasteiger partial charge in [-0.1, -0.05) is 58.4 Å². The summed E-state index contributed by atoms with van der Waals surface area (Å²) in [6.45, 7) is 0.200. The van der Waals surface area contributed by atoms with E-state index < -0.39 is 10.0 Å². The van der Waals surface area contributed by atoms with Gasteiger partial charge >= 0.3 is 0 Å². The molecule has 8 heteroatoms. The Morgan fingerprint density at radius 1 is 1.04 bits per heavy atom. The largest absolute Gasteiger partial charge is 0.369 e. The highest BCUT2D eigenvalue weighted by Crippen LogP contribution is 2.29. The second kappa shape index (κ2) is 8.53. The van der Waals surface area contributed by atoms with Gasteiger partial charge in [0.05, 0.1) is 11.4 Å². The Morgan fingerprint density at radius 3 is 2.36 bits per heavy atom. The number of benzene rings is 3. The van der Waals surface area contributed by atoms with Crippen molar-refractivity contribution in [2.45, 2.75) is 11.4 Å². The Balaban J connectivity index is 1.71. The summed E-state index contributed by atoms with van der Waals surface area (Å²) in [5.41, 5.74) is 8.35. The van der Waals surface area contributed by atoms with E-state index in [1.807, 2.05) is 18.2 Å². The molecular weight excluding hydrogens is 445 g/mol. The van der Waals surface area contributed by atoms with Crippen LogP contribution < -0.4 is 10.5 Å². The third-order valence-corrected chi connectivity index (χ3v) is 5.94. The van der Waals surface area contributed by atoms with Gasteiger partial charge in [0.2, 0.25) is 5.96 Å². The molecule has 0 atom stereocenters. The van der Waals surface area contributed by atoms with Crippen molar-refractivity contribution in [2.75, 3.05) is 0 Å². The van der Waals surface area contributed by atoms with Gasteiger partial charge in [0.1, 0.15) is 5.82 Å². The number of hydrogen-bond donors (Lipinski definition) is 2. The number of rotatable bonds is 5. The average molecular weight is 462 g/mol. The van der Waals surface area contributed by atoms with Gasteiger partial charge < -0.3 is 5.73 Å². The SMILES string of the molecule is NC(=NCc1ccc(-c2ccc(F)cc2)c(Br)c1)NS(=O)(=O)c1ccccc1. The molecule has 0 radical (unpaired) electrons. The first-order valence-corrected chi connectivity index (χ1v) is 10.5. The van der Waals surface area contributed by atoms with Gasteiger partial charge in [-0.05, 0) is 47.0 Å². The first-order valence-electron chi connectivity index (χ1n) is 8.27. The van der Waals surface area contributed by atoms with Gasteiger partial charge in [0, 0.05) is 4.47 Å². The quantitative estimate of drug-likeness (QED) is 0.443. The van der Waals surface area contributed by atoms with Crippen molar-refractivity contribution in [3.63, 3.8) is 0 Å². The maximum absolute atomic E-state index is 13.1. The molecule has 0 bridgehead atoms. The molecule has 144 valence electrons. The van der Waals surface area contributed by atoms with Crippen molar-refractivity contribution < 1.29 is 12.8 Å². The molecule has 0 fully saturated rings. The lowest BCUT2D eigenvalue weighted by Crippen LogP contribution is -2.36. The lowest BCUT2D eigenvalue weighted by Gasteiger charge is -2.09. The molecule has 5 nitrogen and oxygen atoms in total. The van der Waals surface area contributed by atoms with Crippen molar-refractivity contribution in [1.82, 2.24) is 4.72 Å². The Bertz CT molecular complexity index is 1100. The summed E-state index contributed by atoms with van der Waals surface area (Å²) in [5.74, 6) is -0.484. The normalized spacial score (nSPS) is 12.0. The zero-order valence-corrected chi connectivity index (χ0v) is 17.0. The fraction of sp³-hybridized carbons (Fsp3) is 0.0500. The maximum atomic E-state index is 13.1. The molecule has 0 aromatic heterocycles. The molecule has 3 aromatic rings. The first kappa shape index (κ1) is 20.0. The molecule has 0 spiro atoms. The number of nitrogens with one attached hydrogen (secondary N) is 1. The van der Waals surface area contributed by atoms with E-state index in [0.717, 1.165) is 21.2 Å². The van der Waals surface area contributed by atoms with Gasteiger partial charge in [0.15, 0.2) is 0 Å². The maximum Gasteiger partial charge on any atom is 0.264 e. The number of guanidine groups is 1. The molecule has 0 amide bonds. The van der Waals surface area contributed by atoms with Crippen molar-refractivity contribution in [1.29, 1.82) is 0 Å². The molecule has 28 heavy (non-hydrogen) atoms. The second-order valence-electron chi connectivity index (χ2n) is 5.94. The van der Waals surface area contributed by atoms with Gasteiger partial charge in [0.25, 0.3) is 10.0 Å². The van der Waals surface area contributed by atoms with Crippen molar-refractivity contribution in [3.05, 3.63) is 88.6 Å². The van der Waals surface area contributed by atoms with Crippen LogP contribution in [0.4, 0.5) is 4.39 Å². The smallest absolute Gasteiger partial charge is 0.264 e. The fourth-order valence-electron chi connectivity index (χ4n) is 2.53. The average Bonchev–Trinajstić information content (AvgIpc) is 2.68. The Morgan fingerprint density at radius 2 is 1.71 bits per heavy atom. The number of hydrogen-bond acceptors (Lipinski definition) is 3. The van der Waals surface area contributed by atoms with E-state index >= 15 is 0 Å². The van der Waals surface area contributed by atoms with E-state index in [1.165, 1.54) is 24.3 Å².